The van der Waals surface area contributed by atoms with Crippen molar-refractivity contribution in [3.8, 4) is 0 Å². The fourth-order valence-corrected chi connectivity index (χ4v) is 4.92. The lowest BCUT2D eigenvalue weighted by atomic mass is 9.98. The van der Waals surface area contributed by atoms with Gasteiger partial charge >= 0.3 is 0 Å². The summed E-state index contributed by atoms with van der Waals surface area (Å²) in [4.78, 5) is 42.9. The summed E-state index contributed by atoms with van der Waals surface area (Å²) in [6.07, 6.45) is 6.33. The van der Waals surface area contributed by atoms with Crippen LogP contribution in [-0.4, -0.2) is 65.8 Å². The largest absolute Gasteiger partial charge is 0.326 e. The summed E-state index contributed by atoms with van der Waals surface area (Å²) >= 11 is 0. The summed E-state index contributed by atoms with van der Waals surface area (Å²) in [5.74, 6) is -0.428. The number of likely N-dealkylation sites (tertiary alicyclic amines) is 2. The molecule has 7 heteroatoms. The number of anilines is 2. The summed E-state index contributed by atoms with van der Waals surface area (Å²) in [5.41, 5.74) is 1.22. The standard InChI is InChI=1S/C22H30N4O3/c1-16(27)23-17-5-7-19(8-6-17)26-21(28)15-20(22(26)29)25-13-9-18(10-14-25)24-11-3-2-4-12-24/h5-8,18,20H,2-4,9-15H2,1H3,(H,23,27). The predicted molar refractivity (Wildman–Crippen MR) is 112 cm³/mol. The van der Waals surface area contributed by atoms with Gasteiger partial charge in [0.25, 0.3) is 5.91 Å². The lowest BCUT2D eigenvalue weighted by Gasteiger charge is -2.41. The van der Waals surface area contributed by atoms with E-state index in [-0.39, 0.29) is 30.2 Å². The van der Waals surface area contributed by atoms with Crippen molar-refractivity contribution in [3.05, 3.63) is 24.3 Å². The van der Waals surface area contributed by atoms with Gasteiger partial charge in [-0.05, 0) is 63.0 Å². The molecule has 3 heterocycles. The summed E-state index contributed by atoms with van der Waals surface area (Å²) in [6, 6.07) is 7.14. The number of amides is 3. The van der Waals surface area contributed by atoms with E-state index in [4.69, 9.17) is 0 Å². The molecule has 1 unspecified atom stereocenters. The van der Waals surface area contributed by atoms with Crippen LogP contribution in [0.3, 0.4) is 0 Å². The van der Waals surface area contributed by atoms with E-state index < -0.39 is 0 Å². The SMILES string of the molecule is CC(=O)Nc1ccc(N2C(=O)CC(N3CCC(N4CCCCC4)CC3)C2=O)cc1. The molecule has 3 saturated heterocycles. The zero-order chi connectivity index (χ0) is 20.4. The van der Waals surface area contributed by atoms with Crippen molar-refractivity contribution in [3.63, 3.8) is 0 Å². The van der Waals surface area contributed by atoms with Gasteiger partial charge in [0.15, 0.2) is 0 Å². The Balaban J connectivity index is 1.37. The molecule has 1 aromatic rings. The lowest BCUT2D eigenvalue weighted by molar-refractivity contribution is -0.123. The van der Waals surface area contributed by atoms with Gasteiger partial charge in [0.2, 0.25) is 11.8 Å². The van der Waals surface area contributed by atoms with Crippen LogP contribution in [-0.2, 0) is 14.4 Å². The van der Waals surface area contributed by atoms with E-state index in [1.165, 1.54) is 44.2 Å². The molecule has 3 aliphatic heterocycles. The number of hydrogen-bond acceptors (Lipinski definition) is 5. The number of nitrogens with one attached hydrogen (secondary N) is 1. The first kappa shape index (κ1) is 20.0. The molecule has 1 aromatic carbocycles. The minimum atomic E-state index is -0.347. The second-order valence-electron chi connectivity index (χ2n) is 8.38. The van der Waals surface area contributed by atoms with Gasteiger partial charge < -0.3 is 10.2 Å². The molecule has 0 radical (unpaired) electrons. The maximum Gasteiger partial charge on any atom is 0.251 e. The average molecular weight is 399 g/mol. The quantitative estimate of drug-likeness (QED) is 0.788. The summed E-state index contributed by atoms with van der Waals surface area (Å²) in [5, 5.41) is 2.70. The third kappa shape index (κ3) is 4.36. The minimum Gasteiger partial charge on any atom is -0.326 e. The summed E-state index contributed by atoms with van der Waals surface area (Å²) < 4.78 is 0. The molecule has 3 fully saturated rings. The third-order valence-corrected chi connectivity index (χ3v) is 6.42. The van der Waals surface area contributed by atoms with Gasteiger partial charge in [0.1, 0.15) is 0 Å². The highest BCUT2D eigenvalue weighted by Crippen LogP contribution is 2.29. The average Bonchev–Trinajstić information content (AvgIpc) is 3.03. The monoisotopic (exact) mass is 398 g/mol. The van der Waals surface area contributed by atoms with Crippen molar-refractivity contribution in [2.24, 2.45) is 0 Å². The van der Waals surface area contributed by atoms with Crippen molar-refractivity contribution >= 4 is 29.1 Å². The second-order valence-corrected chi connectivity index (χ2v) is 8.38. The molecular weight excluding hydrogens is 368 g/mol. The van der Waals surface area contributed by atoms with Crippen LogP contribution in [0.1, 0.15) is 45.4 Å². The Kier molecular flexibility index (Phi) is 5.96. The van der Waals surface area contributed by atoms with Gasteiger partial charge in [-0.15, -0.1) is 0 Å². The molecule has 0 aliphatic carbocycles. The van der Waals surface area contributed by atoms with Crippen LogP contribution in [0.5, 0.6) is 0 Å². The maximum absolute atomic E-state index is 13.0. The van der Waals surface area contributed by atoms with Crippen molar-refractivity contribution in [1.29, 1.82) is 0 Å². The highest BCUT2D eigenvalue weighted by atomic mass is 16.2. The number of carbonyl (C=O) groups excluding carboxylic acids is 3. The van der Waals surface area contributed by atoms with E-state index in [0.717, 1.165) is 25.9 Å². The molecule has 0 spiro atoms. The fraction of sp³-hybridized carbons (Fsp3) is 0.591. The zero-order valence-electron chi connectivity index (χ0n) is 17.1. The maximum atomic E-state index is 13.0. The first-order chi connectivity index (χ1) is 14.0. The van der Waals surface area contributed by atoms with E-state index in [0.29, 0.717) is 17.4 Å². The van der Waals surface area contributed by atoms with Crippen molar-refractivity contribution in [2.75, 3.05) is 36.4 Å². The smallest absolute Gasteiger partial charge is 0.251 e. The Bertz CT molecular complexity index is 765. The molecule has 0 bridgehead atoms. The normalized spacial score (nSPS) is 24.9. The third-order valence-electron chi connectivity index (χ3n) is 6.42. The number of nitrogens with zero attached hydrogens (tertiary/aromatic N) is 3. The Morgan fingerprint density at radius 2 is 1.59 bits per heavy atom. The Morgan fingerprint density at radius 1 is 0.931 bits per heavy atom. The number of benzene rings is 1. The summed E-state index contributed by atoms with van der Waals surface area (Å²) in [6.45, 7) is 5.60. The molecule has 29 heavy (non-hydrogen) atoms. The van der Waals surface area contributed by atoms with E-state index in [9.17, 15) is 14.4 Å². The number of piperidine rings is 2. The highest BCUT2D eigenvalue weighted by molar-refractivity contribution is 6.22. The molecule has 0 saturated carbocycles. The van der Waals surface area contributed by atoms with Crippen LogP contribution in [0.4, 0.5) is 11.4 Å². The van der Waals surface area contributed by atoms with Crippen LogP contribution >= 0.6 is 0 Å². The molecule has 1 N–H and O–H groups in total. The second kappa shape index (κ2) is 8.63. The topological polar surface area (TPSA) is 73.0 Å². The van der Waals surface area contributed by atoms with Crippen molar-refractivity contribution < 1.29 is 14.4 Å². The summed E-state index contributed by atoms with van der Waals surface area (Å²) in [7, 11) is 0. The van der Waals surface area contributed by atoms with E-state index in [1.54, 1.807) is 24.3 Å². The first-order valence-corrected chi connectivity index (χ1v) is 10.8. The molecule has 4 rings (SSSR count). The number of imide groups is 1. The van der Waals surface area contributed by atoms with E-state index in [1.807, 2.05) is 0 Å². The predicted octanol–water partition coefficient (Wildman–Crippen LogP) is 2.23. The van der Waals surface area contributed by atoms with Gasteiger partial charge in [-0.25, -0.2) is 4.90 Å². The zero-order valence-corrected chi connectivity index (χ0v) is 17.1. The van der Waals surface area contributed by atoms with E-state index in [2.05, 4.69) is 15.1 Å². The number of hydrogen-bond donors (Lipinski definition) is 1. The van der Waals surface area contributed by atoms with Gasteiger partial charge in [-0.1, -0.05) is 6.42 Å². The van der Waals surface area contributed by atoms with E-state index >= 15 is 0 Å². The molecule has 7 nitrogen and oxygen atoms in total. The number of rotatable bonds is 4. The van der Waals surface area contributed by atoms with Gasteiger partial charge in [0, 0.05) is 31.7 Å². The molecular formula is C22H30N4O3. The van der Waals surface area contributed by atoms with Gasteiger partial charge in [-0.3, -0.25) is 19.3 Å². The van der Waals surface area contributed by atoms with Crippen LogP contribution < -0.4 is 10.2 Å². The fourth-order valence-electron chi connectivity index (χ4n) is 4.92. The Morgan fingerprint density at radius 3 is 2.21 bits per heavy atom. The molecule has 156 valence electrons. The van der Waals surface area contributed by atoms with Crippen molar-refractivity contribution in [2.45, 2.75) is 57.5 Å². The first-order valence-electron chi connectivity index (χ1n) is 10.8. The minimum absolute atomic E-state index is 0.126. The van der Waals surface area contributed by atoms with Crippen LogP contribution in [0.2, 0.25) is 0 Å². The lowest BCUT2D eigenvalue weighted by Crippen LogP contribution is -2.51. The molecule has 1 atom stereocenters. The van der Waals surface area contributed by atoms with Crippen molar-refractivity contribution in [1.82, 2.24) is 9.80 Å². The van der Waals surface area contributed by atoms with Crippen LogP contribution in [0.15, 0.2) is 24.3 Å². The van der Waals surface area contributed by atoms with Crippen LogP contribution in [0, 0.1) is 0 Å². The Labute approximate surface area is 172 Å². The van der Waals surface area contributed by atoms with Gasteiger partial charge in [0.05, 0.1) is 18.2 Å². The molecule has 0 aromatic heterocycles. The highest BCUT2D eigenvalue weighted by Gasteiger charge is 2.43. The van der Waals surface area contributed by atoms with Gasteiger partial charge in [-0.2, -0.15) is 0 Å². The molecule has 3 aliphatic rings. The molecule has 3 amide bonds. The van der Waals surface area contributed by atoms with Crippen LogP contribution in [0.25, 0.3) is 0 Å². The Hall–Kier alpha value is -2.25. The number of carbonyl (C=O) groups is 3.